The lowest BCUT2D eigenvalue weighted by Gasteiger charge is -2.21. The fourth-order valence-electron chi connectivity index (χ4n) is 3.88. The van der Waals surface area contributed by atoms with Crippen LogP contribution in [-0.4, -0.2) is 46.5 Å². The number of aromatic nitrogens is 3. The summed E-state index contributed by atoms with van der Waals surface area (Å²) in [4.78, 5) is 16.8. The fraction of sp³-hybridized carbons (Fsp3) is 0.348. The quantitative estimate of drug-likeness (QED) is 0.567. The number of nitrogens with zero attached hydrogens (tertiary/aromatic N) is 4. The van der Waals surface area contributed by atoms with Gasteiger partial charge in [-0.05, 0) is 55.7 Å². The molecule has 1 aliphatic rings. The summed E-state index contributed by atoms with van der Waals surface area (Å²) in [6.45, 7) is 2.81. The van der Waals surface area contributed by atoms with Crippen LogP contribution in [0.2, 0.25) is 5.02 Å². The second-order valence-corrected chi connectivity index (χ2v) is 10.4. The predicted molar refractivity (Wildman–Crippen MR) is 126 cm³/mol. The van der Waals surface area contributed by atoms with Crippen LogP contribution in [0.15, 0.2) is 60.0 Å². The number of hydrogen-bond donors (Lipinski definition) is 1. The Hall–Kier alpha value is -2.75. The molecule has 4 rings (SSSR count). The van der Waals surface area contributed by atoms with Crippen molar-refractivity contribution in [2.45, 2.75) is 43.5 Å². The highest BCUT2D eigenvalue weighted by molar-refractivity contribution is 7.89. The predicted octanol–water partition coefficient (Wildman–Crippen LogP) is 3.98. The first-order valence-corrected chi connectivity index (χ1v) is 12.7. The normalized spacial score (nSPS) is 16.2. The van der Waals surface area contributed by atoms with Crippen molar-refractivity contribution < 1.29 is 13.2 Å². The van der Waals surface area contributed by atoms with Gasteiger partial charge in [-0.2, -0.15) is 9.40 Å². The molecule has 0 spiro atoms. The molecule has 1 atom stereocenters. The number of rotatable bonds is 6. The van der Waals surface area contributed by atoms with E-state index in [-0.39, 0.29) is 27.4 Å². The molecule has 3 aromatic rings. The van der Waals surface area contributed by atoms with Gasteiger partial charge in [-0.1, -0.05) is 36.6 Å². The highest BCUT2D eigenvalue weighted by atomic mass is 35.5. The molecule has 1 aliphatic heterocycles. The van der Waals surface area contributed by atoms with Crippen LogP contribution >= 0.6 is 11.6 Å². The van der Waals surface area contributed by atoms with E-state index < -0.39 is 10.0 Å². The topological polar surface area (TPSA) is 97.2 Å². The molecule has 1 fully saturated rings. The molecule has 1 aromatic heterocycles. The minimum Gasteiger partial charge on any atom is -0.346 e. The Balaban J connectivity index is 1.50. The number of sulfonamides is 1. The Kier molecular flexibility index (Phi) is 7.11. The van der Waals surface area contributed by atoms with Crippen molar-refractivity contribution in [1.29, 1.82) is 0 Å². The van der Waals surface area contributed by atoms with Gasteiger partial charge in [0.2, 0.25) is 10.0 Å². The number of carbonyl (C=O) groups is 1. The Morgan fingerprint density at radius 2 is 1.76 bits per heavy atom. The molecule has 1 saturated heterocycles. The summed E-state index contributed by atoms with van der Waals surface area (Å²) in [6, 6.07) is 11.7. The standard InChI is InChI=1S/C23H26ClN5O3S/c1-17(18-6-9-20(10-7-18)29-16-25-15-26-29)27-23(30)19-8-11-21(24)22(14-19)33(31,32)28-12-4-2-3-5-13-28/h6-11,14-17H,2-5,12-13H2,1H3,(H,27,30). The summed E-state index contributed by atoms with van der Waals surface area (Å²) in [5, 5.41) is 7.14. The fourth-order valence-corrected chi connectivity index (χ4v) is 5.90. The monoisotopic (exact) mass is 487 g/mol. The van der Waals surface area contributed by atoms with Gasteiger partial charge in [0, 0.05) is 18.7 Å². The first kappa shape index (κ1) is 23.4. The van der Waals surface area contributed by atoms with Gasteiger partial charge in [-0.15, -0.1) is 0 Å². The van der Waals surface area contributed by atoms with Crippen LogP contribution in [0.25, 0.3) is 5.69 Å². The number of hydrogen-bond acceptors (Lipinski definition) is 5. The molecule has 0 bridgehead atoms. The second-order valence-electron chi connectivity index (χ2n) is 8.09. The summed E-state index contributed by atoms with van der Waals surface area (Å²) >= 11 is 6.26. The molecular weight excluding hydrogens is 462 g/mol. The van der Waals surface area contributed by atoms with E-state index in [1.165, 1.54) is 22.8 Å². The van der Waals surface area contributed by atoms with Gasteiger partial charge in [-0.3, -0.25) is 4.79 Å². The van der Waals surface area contributed by atoms with E-state index in [4.69, 9.17) is 11.6 Å². The van der Waals surface area contributed by atoms with Gasteiger partial charge < -0.3 is 5.32 Å². The third-order valence-corrected chi connectivity index (χ3v) is 8.18. The molecule has 0 radical (unpaired) electrons. The Labute approximate surface area is 198 Å². The summed E-state index contributed by atoms with van der Waals surface area (Å²) in [5.74, 6) is -0.369. The lowest BCUT2D eigenvalue weighted by Crippen LogP contribution is -2.32. The number of halogens is 1. The maximum absolute atomic E-state index is 13.2. The molecule has 2 aromatic carbocycles. The van der Waals surface area contributed by atoms with Crippen LogP contribution in [0.3, 0.4) is 0 Å². The lowest BCUT2D eigenvalue weighted by atomic mass is 10.1. The van der Waals surface area contributed by atoms with Crippen LogP contribution in [0.1, 0.15) is 54.6 Å². The SMILES string of the molecule is CC(NC(=O)c1ccc(Cl)c(S(=O)(=O)N2CCCCCC2)c1)c1ccc(-n2cncn2)cc1. The highest BCUT2D eigenvalue weighted by Crippen LogP contribution is 2.28. The first-order chi connectivity index (χ1) is 15.9. The minimum absolute atomic E-state index is 0.0245. The molecule has 8 nitrogen and oxygen atoms in total. The molecule has 33 heavy (non-hydrogen) atoms. The molecule has 0 aliphatic carbocycles. The summed E-state index contributed by atoms with van der Waals surface area (Å²) in [6.07, 6.45) is 6.75. The van der Waals surface area contributed by atoms with Crippen molar-refractivity contribution in [3.8, 4) is 5.69 Å². The van der Waals surface area contributed by atoms with Crippen molar-refractivity contribution in [2.75, 3.05) is 13.1 Å². The van der Waals surface area contributed by atoms with Crippen LogP contribution < -0.4 is 5.32 Å². The van der Waals surface area contributed by atoms with Gasteiger partial charge in [0.05, 0.1) is 16.8 Å². The summed E-state index contributed by atoms with van der Waals surface area (Å²) in [7, 11) is -3.77. The maximum Gasteiger partial charge on any atom is 0.251 e. The van der Waals surface area contributed by atoms with Crippen molar-refractivity contribution in [3.05, 3.63) is 71.3 Å². The minimum atomic E-state index is -3.77. The molecule has 10 heteroatoms. The van der Waals surface area contributed by atoms with E-state index >= 15 is 0 Å². The van der Waals surface area contributed by atoms with Gasteiger partial charge in [-0.25, -0.2) is 18.1 Å². The van der Waals surface area contributed by atoms with E-state index in [9.17, 15) is 13.2 Å². The van der Waals surface area contributed by atoms with Crippen LogP contribution in [-0.2, 0) is 10.0 Å². The molecule has 1 N–H and O–H groups in total. The van der Waals surface area contributed by atoms with Crippen molar-refractivity contribution in [3.63, 3.8) is 0 Å². The highest BCUT2D eigenvalue weighted by Gasteiger charge is 2.28. The second kappa shape index (κ2) is 10.0. The molecule has 0 saturated carbocycles. The molecule has 2 heterocycles. The zero-order valence-electron chi connectivity index (χ0n) is 18.3. The van der Waals surface area contributed by atoms with E-state index in [0.717, 1.165) is 36.9 Å². The average molecular weight is 488 g/mol. The summed E-state index contributed by atoms with van der Waals surface area (Å²) in [5.41, 5.74) is 2.01. The average Bonchev–Trinajstić information content (AvgIpc) is 3.20. The molecule has 1 amide bonds. The third-order valence-electron chi connectivity index (χ3n) is 5.80. The largest absolute Gasteiger partial charge is 0.346 e. The summed E-state index contributed by atoms with van der Waals surface area (Å²) < 4.78 is 29.5. The number of benzene rings is 2. The Morgan fingerprint density at radius 1 is 1.06 bits per heavy atom. The van der Waals surface area contributed by atoms with Crippen LogP contribution in [0.4, 0.5) is 0 Å². The zero-order chi connectivity index (χ0) is 23.4. The maximum atomic E-state index is 13.2. The van der Waals surface area contributed by atoms with E-state index in [1.54, 1.807) is 17.1 Å². The van der Waals surface area contributed by atoms with E-state index in [0.29, 0.717) is 13.1 Å². The number of nitrogens with one attached hydrogen (secondary N) is 1. The van der Waals surface area contributed by atoms with Gasteiger partial charge >= 0.3 is 0 Å². The molecular formula is C23H26ClN5O3S. The zero-order valence-corrected chi connectivity index (χ0v) is 19.9. The van der Waals surface area contributed by atoms with Gasteiger partial charge in [0.15, 0.2) is 0 Å². The smallest absolute Gasteiger partial charge is 0.251 e. The van der Waals surface area contributed by atoms with Crippen molar-refractivity contribution in [2.24, 2.45) is 0 Å². The van der Waals surface area contributed by atoms with Crippen LogP contribution in [0, 0.1) is 0 Å². The van der Waals surface area contributed by atoms with Gasteiger partial charge in [0.1, 0.15) is 17.6 Å². The van der Waals surface area contributed by atoms with Gasteiger partial charge in [0.25, 0.3) is 5.91 Å². The van der Waals surface area contributed by atoms with Crippen molar-refractivity contribution in [1.82, 2.24) is 24.4 Å². The number of carbonyl (C=O) groups excluding carboxylic acids is 1. The van der Waals surface area contributed by atoms with E-state index in [2.05, 4.69) is 15.4 Å². The third kappa shape index (κ3) is 5.26. The lowest BCUT2D eigenvalue weighted by molar-refractivity contribution is 0.0939. The van der Waals surface area contributed by atoms with Crippen molar-refractivity contribution >= 4 is 27.5 Å². The molecule has 1 unspecified atom stereocenters. The first-order valence-electron chi connectivity index (χ1n) is 10.9. The Bertz CT molecular complexity index is 1210. The number of amides is 1. The Morgan fingerprint density at radius 3 is 2.39 bits per heavy atom. The van der Waals surface area contributed by atoms with Crippen LogP contribution in [0.5, 0.6) is 0 Å². The van der Waals surface area contributed by atoms with E-state index in [1.807, 2.05) is 31.2 Å². The molecule has 174 valence electrons.